The third kappa shape index (κ3) is 10.2. The number of nitrogens with zero attached hydrogens (tertiary/aromatic N) is 4. The van der Waals surface area contributed by atoms with Crippen LogP contribution in [-0.2, 0) is 33.2 Å². The molecule has 0 saturated heterocycles. The summed E-state index contributed by atoms with van der Waals surface area (Å²) in [6, 6.07) is 94.3. The maximum Gasteiger partial charge on any atom is 0.179 e. The molecule has 0 spiro atoms. The van der Waals surface area contributed by atoms with Crippen LogP contribution in [-0.4, -0.2) is 13.9 Å². The van der Waals surface area contributed by atoms with E-state index in [1.807, 2.05) is 12.1 Å². The Morgan fingerprint density at radius 2 is 0.803 bits per heavy atom. The summed E-state index contributed by atoms with van der Waals surface area (Å²) in [5, 5.41) is 15.5. The molecule has 379 valence electrons. The molecule has 0 saturated carbocycles. The minimum absolute atomic E-state index is 0. The van der Waals surface area contributed by atoms with E-state index in [-0.39, 0.29) is 33.2 Å². The summed E-state index contributed by atoms with van der Waals surface area (Å²) in [5.41, 5.74) is 12.4. The molecule has 0 N–H and O–H groups in total. The van der Waals surface area contributed by atoms with Crippen LogP contribution in [0.2, 0.25) is 0 Å². The molecule has 0 amide bonds. The van der Waals surface area contributed by atoms with Gasteiger partial charge in [0.1, 0.15) is 5.84 Å². The van der Waals surface area contributed by atoms with Gasteiger partial charge in [0.15, 0.2) is 8.07 Å². The van der Waals surface area contributed by atoms with Crippen molar-refractivity contribution in [3.8, 4) is 22.3 Å². The second kappa shape index (κ2) is 21.8. The number of amidine groups is 1. The molecule has 12 rings (SSSR count). The maximum absolute atomic E-state index is 5.60. The normalized spacial score (nSPS) is 12.7. The van der Waals surface area contributed by atoms with Crippen molar-refractivity contribution < 1.29 is 22.4 Å². The Balaban J connectivity index is 0.000000405. The number of hydrogen-bond acceptors (Lipinski definition) is 3. The summed E-state index contributed by atoms with van der Waals surface area (Å²) in [7, 11) is -2.81. The van der Waals surface area contributed by atoms with Gasteiger partial charge in [0.25, 0.3) is 0 Å². The van der Waals surface area contributed by atoms with Gasteiger partial charge in [-0.2, -0.15) is 5.10 Å². The predicted octanol–water partition coefficient (Wildman–Crippen LogP) is 14.7. The SMILES string of the molecule is CC(C)(C)c1cc(-c2cccc(-c3ccccc3)c2N2[CH-]N(c3cccc([Si](c4ccccc4)(c4ccccc4)c4ccccc4)c3)C(c3ccccc3)=N2)cc(C(C)(C)C)c1.[Au].c1ccc2c(c1)[n-]c1ccccc12. The fourth-order valence-electron chi connectivity index (χ4n) is 10.6. The number of fused-ring (bicyclic) bond motifs is 3. The van der Waals surface area contributed by atoms with E-state index in [4.69, 9.17) is 5.10 Å². The zero-order chi connectivity index (χ0) is 51.6. The molecule has 4 nitrogen and oxygen atoms in total. The topological polar surface area (TPSA) is 32.9 Å². The molecular weight excluding hydrogens is 1120 g/mol. The van der Waals surface area contributed by atoms with Crippen LogP contribution in [0.25, 0.3) is 44.1 Å². The van der Waals surface area contributed by atoms with Gasteiger partial charge in [0.05, 0.1) is 0 Å². The Kier molecular flexibility index (Phi) is 14.8. The summed E-state index contributed by atoms with van der Waals surface area (Å²) in [6.07, 6.45) is 0. The number of anilines is 2. The van der Waals surface area contributed by atoms with E-state index < -0.39 is 8.07 Å². The van der Waals surface area contributed by atoms with Gasteiger partial charge < -0.3 is 14.9 Å². The van der Waals surface area contributed by atoms with Crippen molar-refractivity contribution in [2.75, 3.05) is 9.91 Å². The number of rotatable bonds is 9. The maximum atomic E-state index is 5.60. The zero-order valence-electron chi connectivity index (χ0n) is 44.0. The molecular formula is C70H62AuN4Si-2. The molecule has 11 aromatic rings. The average molecular weight is 1180 g/mol. The third-order valence-electron chi connectivity index (χ3n) is 14.5. The first-order valence-electron chi connectivity index (χ1n) is 26.1. The van der Waals surface area contributed by atoms with Gasteiger partial charge in [0.2, 0.25) is 0 Å². The molecule has 2 heterocycles. The second-order valence-electron chi connectivity index (χ2n) is 21.5. The number of para-hydroxylation sites is 3. The van der Waals surface area contributed by atoms with Crippen LogP contribution in [0.4, 0.5) is 11.4 Å². The Hall–Kier alpha value is -7.77. The fourth-order valence-corrected chi connectivity index (χ4v) is 15.4. The van der Waals surface area contributed by atoms with Gasteiger partial charge in [-0.15, -0.1) is 17.7 Å². The Labute approximate surface area is 466 Å². The van der Waals surface area contributed by atoms with Crippen molar-refractivity contribution in [2.24, 2.45) is 5.10 Å². The molecule has 76 heavy (non-hydrogen) atoms. The Morgan fingerprint density at radius 3 is 1.29 bits per heavy atom. The van der Waals surface area contributed by atoms with Gasteiger partial charge >= 0.3 is 0 Å². The molecule has 10 aromatic carbocycles. The van der Waals surface area contributed by atoms with Gasteiger partial charge in [-0.1, -0.05) is 290 Å². The third-order valence-corrected chi connectivity index (χ3v) is 19.3. The van der Waals surface area contributed by atoms with Crippen molar-refractivity contribution in [2.45, 2.75) is 52.4 Å². The van der Waals surface area contributed by atoms with Crippen LogP contribution < -0.4 is 35.6 Å². The van der Waals surface area contributed by atoms with Crippen molar-refractivity contribution in [1.29, 1.82) is 0 Å². The first kappa shape index (κ1) is 51.7. The molecule has 0 fully saturated rings. The smallest absolute Gasteiger partial charge is 0.179 e. The molecule has 1 aliphatic heterocycles. The Morgan fingerprint density at radius 1 is 0.395 bits per heavy atom. The van der Waals surface area contributed by atoms with E-state index >= 15 is 0 Å². The van der Waals surface area contributed by atoms with E-state index in [0.717, 1.165) is 50.5 Å². The molecule has 0 unspecified atom stereocenters. The molecule has 1 radical (unpaired) electrons. The molecule has 0 bridgehead atoms. The van der Waals surface area contributed by atoms with Crippen molar-refractivity contribution in [3.63, 3.8) is 0 Å². The quantitative estimate of drug-likeness (QED) is 0.0820. The van der Waals surface area contributed by atoms with E-state index in [1.54, 1.807) is 0 Å². The molecule has 6 heteroatoms. The summed E-state index contributed by atoms with van der Waals surface area (Å²) < 4.78 is 0. The van der Waals surface area contributed by atoms with Gasteiger partial charge in [-0.05, 0) is 76.7 Å². The van der Waals surface area contributed by atoms with E-state index in [2.05, 4.69) is 312 Å². The van der Waals surface area contributed by atoms with Gasteiger partial charge in [0, 0.05) is 50.4 Å². The zero-order valence-corrected chi connectivity index (χ0v) is 47.2. The molecule has 0 atom stereocenters. The number of hydrogen-bond donors (Lipinski definition) is 0. The van der Waals surface area contributed by atoms with E-state index in [9.17, 15) is 0 Å². The van der Waals surface area contributed by atoms with Crippen LogP contribution in [0.1, 0.15) is 58.2 Å². The molecule has 0 aliphatic carbocycles. The second-order valence-corrected chi connectivity index (χ2v) is 25.3. The monoisotopic (exact) mass is 1180 g/mol. The summed E-state index contributed by atoms with van der Waals surface area (Å²) in [5.74, 6) is 0.863. The minimum atomic E-state index is -2.81. The van der Waals surface area contributed by atoms with Gasteiger partial charge in [-0.3, -0.25) is 0 Å². The van der Waals surface area contributed by atoms with Crippen LogP contribution in [0, 0.1) is 6.67 Å². The molecule has 1 aliphatic rings. The number of hydrazone groups is 1. The fraction of sp³-hybridized carbons (Fsp3) is 0.114. The first-order chi connectivity index (χ1) is 36.5. The van der Waals surface area contributed by atoms with Crippen LogP contribution >= 0.6 is 0 Å². The van der Waals surface area contributed by atoms with Crippen molar-refractivity contribution >= 4 is 67.8 Å². The van der Waals surface area contributed by atoms with Crippen molar-refractivity contribution in [1.82, 2.24) is 4.98 Å². The summed E-state index contributed by atoms with van der Waals surface area (Å²) in [4.78, 5) is 6.80. The molecule has 1 aromatic heterocycles. The summed E-state index contributed by atoms with van der Waals surface area (Å²) >= 11 is 0. The first-order valence-corrected chi connectivity index (χ1v) is 28.1. The van der Waals surface area contributed by atoms with Gasteiger partial charge in [-0.25, -0.2) is 0 Å². The van der Waals surface area contributed by atoms with Crippen molar-refractivity contribution in [3.05, 3.63) is 284 Å². The van der Waals surface area contributed by atoms with Crippen LogP contribution in [0.5, 0.6) is 0 Å². The Bertz CT molecular complexity index is 3590. The number of benzene rings is 10. The van der Waals surface area contributed by atoms with Crippen LogP contribution in [0.15, 0.2) is 266 Å². The standard InChI is InChI=1S/C58H54N3Si.C12H8N.Au/c1-57(2,3)46-38-45(39-47(40-46)58(4,5)6)54-37-23-36-53(43-24-12-7-13-25-43)55(54)61-42-60(56(59-61)44-26-14-8-15-27-44)48-28-22-35-52(41-48)62(49-29-16-9-17-30-49,50-31-18-10-19-32-50)51-33-20-11-21-34-51;1-3-7-11-9(5-1)10-6-2-4-8-12(10)13-11;/h7-42H,1-6H3;1-8H;/q2*-1;. The number of aromatic nitrogens is 1. The summed E-state index contributed by atoms with van der Waals surface area (Å²) in [6.45, 7) is 16.0. The minimum Gasteiger partial charge on any atom is -0.657 e. The van der Waals surface area contributed by atoms with E-state index in [0.29, 0.717) is 0 Å². The predicted molar refractivity (Wildman–Crippen MR) is 322 cm³/mol. The largest absolute Gasteiger partial charge is 0.657 e. The van der Waals surface area contributed by atoms with Crippen LogP contribution in [0.3, 0.4) is 0 Å². The van der Waals surface area contributed by atoms with E-state index in [1.165, 1.54) is 48.2 Å². The average Bonchev–Trinajstić information content (AvgIpc) is 4.11.